The molecule has 6 nitrogen and oxygen atoms in total. The van der Waals surface area contributed by atoms with E-state index in [9.17, 15) is 9.90 Å². The Morgan fingerprint density at radius 2 is 1.83 bits per heavy atom. The highest BCUT2D eigenvalue weighted by atomic mass is 16.8. The molecule has 2 aliphatic rings. The summed E-state index contributed by atoms with van der Waals surface area (Å²) in [5.41, 5.74) is 0. The lowest BCUT2D eigenvalue weighted by Gasteiger charge is -2.23. The summed E-state index contributed by atoms with van der Waals surface area (Å²) in [4.78, 5) is 10.4. The Kier molecular flexibility index (Phi) is 1.58. The maximum atomic E-state index is 10.4. The Hall–Kier alpha value is -0.690. The number of hydrogen-bond donors (Lipinski definition) is 3. The molecule has 0 aromatic rings. The van der Waals surface area contributed by atoms with E-state index in [2.05, 4.69) is 0 Å². The van der Waals surface area contributed by atoms with Crippen molar-refractivity contribution >= 4 is 5.97 Å². The molecular weight excluding hydrogens is 168 g/mol. The highest BCUT2D eigenvalue weighted by molar-refractivity contribution is 5.73. The second-order valence-corrected chi connectivity index (χ2v) is 2.85. The van der Waals surface area contributed by atoms with Gasteiger partial charge in [-0.2, -0.15) is 0 Å². The number of aliphatic hydroxyl groups excluding tert-OH is 2. The van der Waals surface area contributed by atoms with Crippen molar-refractivity contribution in [2.45, 2.75) is 30.7 Å². The normalized spacial score (nSPS) is 51.3. The zero-order valence-corrected chi connectivity index (χ0v) is 5.95. The average molecular weight is 176 g/mol. The number of carboxylic acids is 1. The molecule has 2 bridgehead atoms. The van der Waals surface area contributed by atoms with Crippen molar-refractivity contribution in [1.82, 2.24) is 0 Å². The standard InChI is InChI=1S/C6H8O6/c7-1-2(8)6-11-3(1)4(12-6)5(9)10/h1-4,6-8H,(H,9,10)/t1-,2+,3+,4+,6-/m1/s1. The van der Waals surface area contributed by atoms with E-state index in [4.69, 9.17) is 19.7 Å². The van der Waals surface area contributed by atoms with E-state index < -0.39 is 36.7 Å². The van der Waals surface area contributed by atoms with Crippen LogP contribution >= 0.6 is 0 Å². The van der Waals surface area contributed by atoms with Crippen LogP contribution in [0.15, 0.2) is 0 Å². The molecule has 5 atom stereocenters. The molecule has 2 fully saturated rings. The molecule has 2 aliphatic heterocycles. The maximum absolute atomic E-state index is 10.4. The predicted molar refractivity (Wildman–Crippen MR) is 33.2 cm³/mol. The van der Waals surface area contributed by atoms with Crippen LogP contribution in [0.2, 0.25) is 0 Å². The molecule has 3 N–H and O–H groups in total. The molecule has 0 spiro atoms. The fourth-order valence-corrected chi connectivity index (χ4v) is 1.45. The van der Waals surface area contributed by atoms with Crippen LogP contribution in [0.4, 0.5) is 0 Å². The van der Waals surface area contributed by atoms with Gasteiger partial charge in [0.05, 0.1) is 0 Å². The summed E-state index contributed by atoms with van der Waals surface area (Å²) in [7, 11) is 0. The first-order valence-electron chi connectivity index (χ1n) is 3.51. The summed E-state index contributed by atoms with van der Waals surface area (Å²) in [6.07, 6.45) is -5.39. The van der Waals surface area contributed by atoms with Crippen molar-refractivity contribution in [3.05, 3.63) is 0 Å². The molecule has 0 aromatic heterocycles. The molecule has 0 aromatic carbocycles. The molecule has 68 valence electrons. The Bertz CT molecular complexity index is 214. The molecule has 6 heteroatoms. The number of aliphatic hydroxyl groups is 2. The minimum atomic E-state index is -1.19. The summed E-state index contributed by atoms with van der Waals surface area (Å²) in [6, 6.07) is 0. The van der Waals surface area contributed by atoms with Gasteiger partial charge in [-0.25, -0.2) is 4.79 Å². The largest absolute Gasteiger partial charge is 0.479 e. The molecule has 0 aliphatic carbocycles. The van der Waals surface area contributed by atoms with E-state index in [1.54, 1.807) is 0 Å². The third-order valence-electron chi connectivity index (χ3n) is 2.08. The molecule has 0 radical (unpaired) electrons. The number of fused-ring (bicyclic) bond motifs is 2. The molecule has 2 heterocycles. The summed E-state index contributed by atoms with van der Waals surface area (Å²) < 4.78 is 9.64. The van der Waals surface area contributed by atoms with Gasteiger partial charge in [0.2, 0.25) is 0 Å². The van der Waals surface area contributed by atoms with Gasteiger partial charge in [-0.05, 0) is 0 Å². The van der Waals surface area contributed by atoms with Gasteiger partial charge in [0.25, 0.3) is 0 Å². The molecule has 2 rings (SSSR count). The SMILES string of the molecule is O=C(O)[C@H]1O[C@H]2O[C@H]1[C@H](O)[C@@H]2O. The highest BCUT2D eigenvalue weighted by Crippen LogP contribution is 2.33. The van der Waals surface area contributed by atoms with Crippen LogP contribution in [0, 0.1) is 0 Å². The minimum Gasteiger partial charge on any atom is -0.479 e. The average Bonchev–Trinajstić information content (AvgIpc) is 2.53. The van der Waals surface area contributed by atoms with E-state index in [-0.39, 0.29) is 0 Å². The number of rotatable bonds is 1. The number of hydrogen-bond acceptors (Lipinski definition) is 5. The Balaban J connectivity index is 2.15. The minimum absolute atomic E-state index is 0.942. The monoisotopic (exact) mass is 176 g/mol. The lowest BCUT2D eigenvalue weighted by Crippen LogP contribution is -2.48. The van der Waals surface area contributed by atoms with Crippen LogP contribution in [0.5, 0.6) is 0 Å². The van der Waals surface area contributed by atoms with Gasteiger partial charge in [0.1, 0.15) is 18.3 Å². The van der Waals surface area contributed by atoms with Crippen molar-refractivity contribution in [2.75, 3.05) is 0 Å². The van der Waals surface area contributed by atoms with Gasteiger partial charge in [-0.15, -0.1) is 0 Å². The molecule has 12 heavy (non-hydrogen) atoms. The van der Waals surface area contributed by atoms with Gasteiger partial charge in [-0.1, -0.05) is 0 Å². The fourth-order valence-electron chi connectivity index (χ4n) is 1.45. The second-order valence-electron chi connectivity index (χ2n) is 2.85. The third kappa shape index (κ3) is 0.862. The Labute approximate surface area is 67.3 Å². The lowest BCUT2D eigenvalue weighted by molar-refractivity contribution is -0.169. The summed E-state index contributed by atoms with van der Waals surface area (Å²) in [5, 5.41) is 26.8. The van der Waals surface area contributed by atoms with Crippen LogP contribution in [0.1, 0.15) is 0 Å². The third-order valence-corrected chi connectivity index (χ3v) is 2.08. The van der Waals surface area contributed by atoms with Crippen LogP contribution in [-0.2, 0) is 14.3 Å². The van der Waals surface area contributed by atoms with E-state index in [0.717, 1.165) is 0 Å². The number of aliphatic carboxylic acids is 1. The number of carbonyl (C=O) groups is 1. The Morgan fingerprint density at radius 1 is 1.17 bits per heavy atom. The number of carboxylic acid groups (broad SMARTS) is 1. The summed E-state index contributed by atoms with van der Waals surface area (Å²) in [5.74, 6) is -1.19. The first-order chi connectivity index (χ1) is 5.61. The first kappa shape index (κ1) is 7.93. The summed E-state index contributed by atoms with van der Waals surface area (Å²) in [6.45, 7) is 0. The van der Waals surface area contributed by atoms with Crippen molar-refractivity contribution in [3.8, 4) is 0 Å². The predicted octanol–water partition coefficient (Wildman–Crippen LogP) is -2.08. The zero-order chi connectivity index (χ0) is 8.88. The molecule has 2 saturated heterocycles. The summed E-state index contributed by atoms with van der Waals surface area (Å²) >= 11 is 0. The zero-order valence-electron chi connectivity index (χ0n) is 5.95. The van der Waals surface area contributed by atoms with Crippen LogP contribution < -0.4 is 0 Å². The van der Waals surface area contributed by atoms with Crippen molar-refractivity contribution in [1.29, 1.82) is 0 Å². The highest BCUT2D eigenvalue weighted by Gasteiger charge is 2.57. The van der Waals surface area contributed by atoms with E-state index in [0.29, 0.717) is 0 Å². The molecule has 0 amide bonds. The van der Waals surface area contributed by atoms with Gasteiger partial charge in [0, 0.05) is 0 Å². The van der Waals surface area contributed by atoms with Crippen molar-refractivity contribution in [3.63, 3.8) is 0 Å². The quantitative estimate of drug-likeness (QED) is 0.424. The van der Waals surface area contributed by atoms with Crippen LogP contribution in [0.3, 0.4) is 0 Å². The smallest absolute Gasteiger partial charge is 0.335 e. The van der Waals surface area contributed by atoms with Crippen molar-refractivity contribution in [2.24, 2.45) is 0 Å². The van der Waals surface area contributed by atoms with E-state index >= 15 is 0 Å². The van der Waals surface area contributed by atoms with Gasteiger partial charge in [0.15, 0.2) is 12.4 Å². The molecule has 0 saturated carbocycles. The maximum Gasteiger partial charge on any atom is 0.335 e. The van der Waals surface area contributed by atoms with Gasteiger partial charge < -0.3 is 24.8 Å². The fraction of sp³-hybridized carbons (Fsp3) is 0.833. The number of ether oxygens (including phenoxy) is 2. The molecule has 0 unspecified atom stereocenters. The molecular formula is C6H8O6. The van der Waals surface area contributed by atoms with E-state index in [1.807, 2.05) is 0 Å². The Morgan fingerprint density at radius 3 is 2.25 bits per heavy atom. The van der Waals surface area contributed by atoms with Gasteiger partial charge in [-0.3, -0.25) is 0 Å². The lowest BCUT2D eigenvalue weighted by atomic mass is 10.0. The van der Waals surface area contributed by atoms with Gasteiger partial charge >= 0.3 is 5.97 Å². The topological polar surface area (TPSA) is 96.2 Å². The first-order valence-corrected chi connectivity index (χ1v) is 3.51. The van der Waals surface area contributed by atoms with Crippen molar-refractivity contribution < 1.29 is 29.6 Å². The van der Waals surface area contributed by atoms with E-state index in [1.165, 1.54) is 0 Å². The van der Waals surface area contributed by atoms with Crippen LogP contribution in [-0.4, -0.2) is 52.0 Å². The van der Waals surface area contributed by atoms with Crippen LogP contribution in [0.25, 0.3) is 0 Å². The second kappa shape index (κ2) is 2.40.